The summed E-state index contributed by atoms with van der Waals surface area (Å²) in [4.78, 5) is 24.8. The third-order valence-corrected chi connectivity index (χ3v) is 7.26. The highest BCUT2D eigenvalue weighted by Crippen LogP contribution is 2.28. The molecule has 0 N–H and O–H groups in total. The van der Waals surface area contributed by atoms with E-state index in [4.69, 9.17) is 27.9 Å². The van der Waals surface area contributed by atoms with E-state index in [9.17, 15) is 18.0 Å². The zero-order chi connectivity index (χ0) is 21.2. The molecule has 1 heterocycles. The van der Waals surface area contributed by atoms with Crippen molar-refractivity contribution in [3.8, 4) is 0 Å². The minimum Gasteiger partial charge on any atom is -0.451 e. The van der Waals surface area contributed by atoms with Crippen LogP contribution in [0.15, 0.2) is 47.4 Å². The maximum absolute atomic E-state index is 12.8. The van der Waals surface area contributed by atoms with Crippen molar-refractivity contribution in [2.24, 2.45) is 0 Å². The number of halogens is 2. The fourth-order valence-electron chi connectivity index (χ4n) is 3.03. The number of benzene rings is 2. The smallest absolute Gasteiger partial charge is 0.338 e. The molecule has 29 heavy (non-hydrogen) atoms. The van der Waals surface area contributed by atoms with Crippen LogP contribution < -0.4 is 0 Å². The van der Waals surface area contributed by atoms with Crippen LogP contribution in [0, 0.1) is 0 Å². The molecule has 0 spiro atoms. The van der Waals surface area contributed by atoms with Crippen LogP contribution in [0.1, 0.15) is 40.5 Å². The van der Waals surface area contributed by atoms with Crippen molar-refractivity contribution in [1.82, 2.24) is 4.31 Å². The van der Waals surface area contributed by atoms with E-state index >= 15 is 0 Å². The van der Waals surface area contributed by atoms with Gasteiger partial charge < -0.3 is 4.74 Å². The molecule has 0 aromatic heterocycles. The van der Waals surface area contributed by atoms with Crippen molar-refractivity contribution in [1.29, 1.82) is 0 Å². The molecule has 1 saturated heterocycles. The van der Waals surface area contributed by atoms with Gasteiger partial charge in [0, 0.05) is 23.7 Å². The van der Waals surface area contributed by atoms with Gasteiger partial charge in [-0.2, -0.15) is 4.31 Å². The number of esters is 1. The molecule has 0 saturated carbocycles. The minimum atomic E-state index is -3.80. The number of ketones is 1. The van der Waals surface area contributed by atoms with Gasteiger partial charge in [0.15, 0.2) is 6.10 Å². The first kappa shape index (κ1) is 21.8. The second kappa shape index (κ2) is 8.83. The van der Waals surface area contributed by atoms with Crippen molar-refractivity contribution in [2.45, 2.75) is 30.8 Å². The van der Waals surface area contributed by atoms with E-state index in [2.05, 4.69) is 0 Å². The summed E-state index contributed by atoms with van der Waals surface area (Å²) in [6.45, 7) is 2.28. The third kappa shape index (κ3) is 4.80. The topological polar surface area (TPSA) is 80.8 Å². The molecule has 6 nitrogen and oxygen atoms in total. The molecule has 1 fully saturated rings. The van der Waals surface area contributed by atoms with E-state index in [0.717, 1.165) is 12.8 Å². The van der Waals surface area contributed by atoms with Gasteiger partial charge in [-0.3, -0.25) is 4.79 Å². The second-order valence-electron chi connectivity index (χ2n) is 6.68. The van der Waals surface area contributed by atoms with Crippen LogP contribution in [0.25, 0.3) is 0 Å². The summed E-state index contributed by atoms with van der Waals surface area (Å²) < 4.78 is 32.2. The molecule has 0 amide bonds. The van der Waals surface area contributed by atoms with Crippen LogP contribution in [0.5, 0.6) is 0 Å². The summed E-state index contributed by atoms with van der Waals surface area (Å²) in [5, 5.41) is 0.512. The predicted molar refractivity (Wildman–Crippen MR) is 110 cm³/mol. The average molecular weight is 456 g/mol. The number of carbonyl (C=O) groups excluding carboxylic acids is 2. The van der Waals surface area contributed by atoms with Crippen LogP contribution >= 0.6 is 23.2 Å². The number of ether oxygens (including phenoxy) is 1. The monoisotopic (exact) mass is 455 g/mol. The quantitative estimate of drug-likeness (QED) is 0.481. The fourth-order valence-corrected chi connectivity index (χ4v) is 5.17. The van der Waals surface area contributed by atoms with Crippen molar-refractivity contribution in [3.05, 3.63) is 63.6 Å². The Hall–Kier alpha value is -1.93. The van der Waals surface area contributed by atoms with Crippen LogP contribution in [0.4, 0.5) is 0 Å². The summed E-state index contributed by atoms with van der Waals surface area (Å²) in [6.07, 6.45) is 0.504. The maximum atomic E-state index is 12.8. The molecule has 1 aliphatic heterocycles. The zero-order valence-electron chi connectivity index (χ0n) is 15.6. The van der Waals surface area contributed by atoms with Crippen LogP contribution in [0.3, 0.4) is 0 Å². The van der Waals surface area contributed by atoms with E-state index in [1.807, 2.05) is 0 Å². The first-order valence-corrected chi connectivity index (χ1v) is 11.2. The van der Waals surface area contributed by atoms with E-state index in [-0.39, 0.29) is 15.5 Å². The summed E-state index contributed by atoms with van der Waals surface area (Å²) >= 11 is 11.9. The maximum Gasteiger partial charge on any atom is 0.338 e. The van der Waals surface area contributed by atoms with Gasteiger partial charge in [-0.1, -0.05) is 23.2 Å². The van der Waals surface area contributed by atoms with Gasteiger partial charge >= 0.3 is 5.97 Å². The third-order valence-electron chi connectivity index (χ3n) is 4.63. The Labute approximate surface area is 179 Å². The van der Waals surface area contributed by atoms with Crippen molar-refractivity contribution in [3.63, 3.8) is 0 Å². The molecule has 0 aliphatic carbocycles. The Kier molecular flexibility index (Phi) is 6.63. The molecule has 1 unspecified atom stereocenters. The first-order valence-electron chi connectivity index (χ1n) is 9.00. The summed E-state index contributed by atoms with van der Waals surface area (Å²) in [6, 6.07) is 10.1. The average Bonchev–Trinajstić information content (AvgIpc) is 3.24. The molecular weight excluding hydrogens is 437 g/mol. The van der Waals surface area contributed by atoms with Crippen LogP contribution in [-0.4, -0.2) is 43.7 Å². The molecule has 9 heteroatoms. The largest absolute Gasteiger partial charge is 0.451 e. The van der Waals surface area contributed by atoms with Crippen molar-refractivity contribution in [2.75, 3.05) is 13.1 Å². The lowest BCUT2D eigenvalue weighted by molar-refractivity contribution is 0.0318. The Morgan fingerprint density at radius 3 is 2.21 bits per heavy atom. The summed E-state index contributed by atoms with van der Waals surface area (Å²) in [5.41, 5.74) is 0.353. The SMILES string of the molecule is CC(OC(=O)c1ccc(Cl)c(S(=O)(=O)N2CCCC2)c1)C(=O)c1ccc(Cl)cc1. The van der Waals surface area contributed by atoms with Crippen LogP contribution in [0.2, 0.25) is 10.0 Å². The van der Waals surface area contributed by atoms with Gasteiger partial charge in [-0.15, -0.1) is 0 Å². The number of hydrogen-bond acceptors (Lipinski definition) is 5. The van der Waals surface area contributed by atoms with Gasteiger partial charge in [0.05, 0.1) is 10.6 Å². The predicted octanol–water partition coefficient (Wildman–Crippen LogP) is 4.21. The Bertz CT molecular complexity index is 1030. The van der Waals surface area contributed by atoms with Gasteiger partial charge in [0.1, 0.15) is 4.90 Å². The molecule has 0 radical (unpaired) electrons. The van der Waals surface area contributed by atoms with Crippen LogP contribution in [-0.2, 0) is 14.8 Å². The molecule has 2 aromatic carbocycles. The Morgan fingerprint density at radius 2 is 1.59 bits per heavy atom. The lowest BCUT2D eigenvalue weighted by Crippen LogP contribution is -2.28. The fraction of sp³-hybridized carbons (Fsp3) is 0.300. The number of nitrogens with zero attached hydrogens (tertiary/aromatic N) is 1. The Morgan fingerprint density at radius 1 is 1.00 bits per heavy atom. The van der Waals surface area contributed by atoms with Gasteiger partial charge in [0.25, 0.3) is 0 Å². The number of carbonyl (C=O) groups is 2. The highest BCUT2D eigenvalue weighted by atomic mass is 35.5. The zero-order valence-corrected chi connectivity index (χ0v) is 17.9. The molecular formula is C20H19Cl2NO5S. The van der Waals surface area contributed by atoms with Gasteiger partial charge in [-0.05, 0) is 62.2 Å². The molecule has 3 rings (SSSR count). The summed E-state index contributed by atoms with van der Waals surface area (Å²) in [5.74, 6) is -1.21. The van der Waals surface area contributed by atoms with E-state index in [1.165, 1.54) is 41.6 Å². The van der Waals surface area contributed by atoms with Crippen molar-refractivity contribution >= 4 is 45.0 Å². The molecule has 2 aromatic rings. The number of Topliss-reactive ketones (excluding diaryl/α,β-unsaturated/α-hetero) is 1. The second-order valence-corrected chi connectivity index (χ2v) is 9.43. The highest BCUT2D eigenvalue weighted by Gasteiger charge is 2.30. The highest BCUT2D eigenvalue weighted by molar-refractivity contribution is 7.89. The summed E-state index contributed by atoms with van der Waals surface area (Å²) in [7, 11) is -3.80. The molecule has 1 atom stereocenters. The standard InChI is InChI=1S/C20H19Cl2NO5S/c1-13(19(24)14-4-7-16(21)8-5-14)28-20(25)15-6-9-17(22)18(12-15)29(26,27)23-10-2-3-11-23/h4-9,12-13H,2-3,10-11H2,1H3. The molecule has 0 bridgehead atoms. The number of rotatable bonds is 6. The normalized spacial score (nSPS) is 15.8. The van der Waals surface area contributed by atoms with Crippen molar-refractivity contribution < 1.29 is 22.7 Å². The Balaban J connectivity index is 1.79. The van der Waals surface area contributed by atoms with E-state index in [0.29, 0.717) is 23.7 Å². The number of hydrogen-bond donors (Lipinski definition) is 0. The van der Waals surface area contributed by atoms with E-state index in [1.54, 1.807) is 12.1 Å². The van der Waals surface area contributed by atoms with E-state index < -0.39 is 27.9 Å². The molecule has 1 aliphatic rings. The first-order chi connectivity index (χ1) is 13.7. The lowest BCUT2D eigenvalue weighted by atomic mass is 10.1. The minimum absolute atomic E-state index is 0.00271. The van der Waals surface area contributed by atoms with Gasteiger partial charge in [-0.25, -0.2) is 13.2 Å². The van der Waals surface area contributed by atoms with Gasteiger partial charge in [0.2, 0.25) is 15.8 Å². The lowest BCUT2D eigenvalue weighted by Gasteiger charge is -2.17. The molecule has 154 valence electrons. The number of sulfonamides is 1.